The number of halogens is 1. The summed E-state index contributed by atoms with van der Waals surface area (Å²) in [6, 6.07) is 15.4. The summed E-state index contributed by atoms with van der Waals surface area (Å²) in [6.45, 7) is 2.23. The van der Waals surface area contributed by atoms with Gasteiger partial charge in [0.1, 0.15) is 6.10 Å². The van der Waals surface area contributed by atoms with Crippen LogP contribution >= 0.6 is 0 Å². The molecule has 0 fully saturated rings. The predicted octanol–water partition coefficient (Wildman–Crippen LogP) is 3.19. The van der Waals surface area contributed by atoms with E-state index in [0.29, 0.717) is 13.0 Å². The van der Waals surface area contributed by atoms with Gasteiger partial charge in [0.25, 0.3) is 0 Å². The topological polar surface area (TPSA) is 64.4 Å². The van der Waals surface area contributed by atoms with Gasteiger partial charge in [-0.15, -0.1) is 0 Å². The molecule has 0 aliphatic carbocycles. The van der Waals surface area contributed by atoms with Gasteiger partial charge in [-0.05, 0) is 24.1 Å². The van der Waals surface area contributed by atoms with Crippen LogP contribution in [0.3, 0.4) is 0 Å². The first-order chi connectivity index (χ1) is 11.6. The molecule has 0 heterocycles. The zero-order valence-electron chi connectivity index (χ0n) is 13.7. The Balaban J connectivity index is 1.82. The molecule has 128 valence electrons. The van der Waals surface area contributed by atoms with E-state index in [1.807, 2.05) is 37.3 Å². The van der Waals surface area contributed by atoms with Gasteiger partial charge in [0.2, 0.25) is 5.91 Å². The first-order valence-electron chi connectivity index (χ1n) is 8.08. The third kappa shape index (κ3) is 5.35. The molecule has 1 amide bonds. The summed E-state index contributed by atoms with van der Waals surface area (Å²) < 4.78 is 19.2. The average Bonchev–Trinajstić information content (AvgIpc) is 2.60. The maximum absolute atomic E-state index is 13.6. The van der Waals surface area contributed by atoms with E-state index in [4.69, 9.17) is 10.5 Å². The zero-order chi connectivity index (χ0) is 17.4. The smallest absolute Gasteiger partial charge is 0.222 e. The summed E-state index contributed by atoms with van der Waals surface area (Å²) in [5, 5.41) is 2.81. The predicted molar refractivity (Wildman–Crippen MR) is 92.1 cm³/mol. The third-order valence-corrected chi connectivity index (χ3v) is 3.75. The van der Waals surface area contributed by atoms with Gasteiger partial charge in [0, 0.05) is 12.5 Å². The summed E-state index contributed by atoms with van der Waals surface area (Å²) in [4.78, 5) is 12.0. The monoisotopic (exact) mass is 330 g/mol. The summed E-state index contributed by atoms with van der Waals surface area (Å²) in [5.74, 6) is -0.366. The molecule has 0 aliphatic rings. The van der Waals surface area contributed by atoms with Crippen LogP contribution in [-0.4, -0.2) is 18.6 Å². The molecule has 0 aromatic heterocycles. The maximum Gasteiger partial charge on any atom is 0.222 e. The van der Waals surface area contributed by atoms with Gasteiger partial charge in [-0.25, -0.2) is 4.39 Å². The van der Waals surface area contributed by atoms with E-state index in [2.05, 4.69) is 5.32 Å². The van der Waals surface area contributed by atoms with Crippen LogP contribution in [0.4, 0.5) is 4.39 Å². The summed E-state index contributed by atoms with van der Waals surface area (Å²) in [5.41, 5.74) is 6.96. The molecule has 2 aromatic rings. The van der Waals surface area contributed by atoms with Crippen LogP contribution in [0, 0.1) is 5.82 Å². The van der Waals surface area contributed by atoms with Crippen molar-refractivity contribution >= 4 is 5.91 Å². The Morgan fingerprint density at radius 2 is 1.83 bits per heavy atom. The molecule has 0 saturated heterocycles. The number of para-hydroxylation sites is 1. The van der Waals surface area contributed by atoms with Crippen LogP contribution in [0.1, 0.15) is 31.4 Å². The van der Waals surface area contributed by atoms with Crippen molar-refractivity contribution in [3.8, 4) is 5.75 Å². The van der Waals surface area contributed by atoms with Crippen LogP contribution in [0.2, 0.25) is 0 Å². The molecular weight excluding hydrogens is 307 g/mol. The molecular formula is C19H23FN2O2. The molecule has 4 nitrogen and oxygen atoms in total. The second-order valence-electron chi connectivity index (χ2n) is 5.60. The van der Waals surface area contributed by atoms with Gasteiger partial charge < -0.3 is 15.8 Å². The Labute approximate surface area is 141 Å². The highest BCUT2D eigenvalue weighted by Crippen LogP contribution is 2.18. The molecule has 2 aromatic carbocycles. The molecule has 5 heteroatoms. The Hall–Kier alpha value is -2.40. The van der Waals surface area contributed by atoms with Crippen LogP contribution in [0.5, 0.6) is 5.75 Å². The van der Waals surface area contributed by atoms with Crippen molar-refractivity contribution in [2.24, 2.45) is 5.73 Å². The number of nitrogens with two attached hydrogens (primary N) is 1. The van der Waals surface area contributed by atoms with E-state index in [9.17, 15) is 9.18 Å². The molecule has 3 N–H and O–H groups in total. The van der Waals surface area contributed by atoms with Crippen LogP contribution in [0.25, 0.3) is 0 Å². The highest BCUT2D eigenvalue weighted by Gasteiger charge is 2.15. The number of rotatable bonds is 8. The Morgan fingerprint density at radius 3 is 2.50 bits per heavy atom. The fraction of sp³-hybridized carbons (Fsp3) is 0.316. The van der Waals surface area contributed by atoms with E-state index in [1.54, 1.807) is 18.2 Å². The highest BCUT2D eigenvalue weighted by molar-refractivity contribution is 5.76. The number of carbonyl (C=O) groups excluding carboxylic acids is 1. The van der Waals surface area contributed by atoms with Crippen molar-refractivity contribution in [3.63, 3.8) is 0 Å². The second kappa shape index (κ2) is 9.03. The van der Waals surface area contributed by atoms with E-state index in [1.165, 1.54) is 6.07 Å². The van der Waals surface area contributed by atoms with Crippen molar-refractivity contribution in [3.05, 3.63) is 66.0 Å². The van der Waals surface area contributed by atoms with Gasteiger partial charge in [-0.1, -0.05) is 49.4 Å². The quantitative estimate of drug-likeness (QED) is 0.781. The second-order valence-corrected chi connectivity index (χ2v) is 5.60. The van der Waals surface area contributed by atoms with Gasteiger partial charge in [0.15, 0.2) is 11.6 Å². The SMILES string of the molecule is CCC(CNC(=O)CC(N)c1ccccc1)Oc1ccccc1F. The number of ether oxygens (including phenoxy) is 1. The number of nitrogens with one attached hydrogen (secondary N) is 1. The third-order valence-electron chi connectivity index (χ3n) is 3.75. The largest absolute Gasteiger partial charge is 0.486 e. The number of hydrogen-bond acceptors (Lipinski definition) is 3. The zero-order valence-corrected chi connectivity index (χ0v) is 13.7. The van der Waals surface area contributed by atoms with Crippen molar-refractivity contribution in [1.29, 1.82) is 0 Å². The maximum atomic E-state index is 13.6. The lowest BCUT2D eigenvalue weighted by Crippen LogP contribution is -2.36. The lowest BCUT2D eigenvalue weighted by molar-refractivity contribution is -0.121. The number of hydrogen-bond donors (Lipinski definition) is 2. The molecule has 24 heavy (non-hydrogen) atoms. The van der Waals surface area contributed by atoms with Crippen LogP contribution in [0.15, 0.2) is 54.6 Å². The Bertz CT molecular complexity index is 649. The number of benzene rings is 2. The highest BCUT2D eigenvalue weighted by atomic mass is 19.1. The van der Waals surface area contributed by atoms with Crippen molar-refractivity contribution in [1.82, 2.24) is 5.32 Å². The van der Waals surface area contributed by atoms with Crippen molar-refractivity contribution < 1.29 is 13.9 Å². The van der Waals surface area contributed by atoms with Gasteiger partial charge >= 0.3 is 0 Å². The standard InChI is InChI=1S/C19H23FN2O2/c1-2-15(24-18-11-7-6-10-16(18)20)13-22-19(23)12-17(21)14-8-4-3-5-9-14/h3-11,15,17H,2,12-13,21H2,1H3,(H,22,23). The Morgan fingerprint density at radius 1 is 1.17 bits per heavy atom. The summed E-state index contributed by atoms with van der Waals surface area (Å²) in [6.07, 6.45) is 0.554. The molecule has 2 rings (SSSR count). The molecule has 0 bridgehead atoms. The summed E-state index contributed by atoms with van der Waals surface area (Å²) >= 11 is 0. The minimum Gasteiger partial charge on any atom is -0.486 e. The summed E-state index contributed by atoms with van der Waals surface area (Å²) in [7, 11) is 0. The first kappa shape index (κ1) is 17.9. The molecule has 0 saturated carbocycles. The van der Waals surface area contributed by atoms with E-state index in [-0.39, 0.29) is 30.2 Å². The lowest BCUT2D eigenvalue weighted by atomic mass is 10.0. The van der Waals surface area contributed by atoms with Gasteiger partial charge in [0.05, 0.1) is 6.54 Å². The molecule has 0 aliphatic heterocycles. The molecule has 2 atom stereocenters. The normalized spacial score (nSPS) is 13.1. The van der Waals surface area contributed by atoms with E-state index in [0.717, 1.165) is 5.56 Å². The van der Waals surface area contributed by atoms with Gasteiger partial charge in [-0.3, -0.25) is 4.79 Å². The van der Waals surface area contributed by atoms with Crippen LogP contribution < -0.4 is 15.8 Å². The minimum absolute atomic E-state index is 0.151. The average molecular weight is 330 g/mol. The first-order valence-corrected chi connectivity index (χ1v) is 8.08. The van der Waals surface area contributed by atoms with E-state index >= 15 is 0 Å². The lowest BCUT2D eigenvalue weighted by Gasteiger charge is -2.19. The van der Waals surface area contributed by atoms with Crippen LogP contribution in [-0.2, 0) is 4.79 Å². The number of amides is 1. The molecule has 2 unspecified atom stereocenters. The number of carbonyl (C=O) groups is 1. The molecule has 0 radical (unpaired) electrons. The van der Waals surface area contributed by atoms with Gasteiger partial charge in [-0.2, -0.15) is 0 Å². The fourth-order valence-electron chi connectivity index (χ4n) is 2.31. The van der Waals surface area contributed by atoms with Crippen molar-refractivity contribution in [2.45, 2.75) is 31.9 Å². The molecule has 0 spiro atoms. The Kier molecular flexibility index (Phi) is 6.75. The van der Waals surface area contributed by atoms with E-state index < -0.39 is 5.82 Å². The van der Waals surface area contributed by atoms with Crippen molar-refractivity contribution in [2.75, 3.05) is 6.54 Å². The fourth-order valence-corrected chi connectivity index (χ4v) is 2.31. The minimum atomic E-state index is -0.409.